The summed E-state index contributed by atoms with van der Waals surface area (Å²) in [5, 5.41) is 18.0. The van der Waals surface area contributed by atoms with Gasteiger partial charge in [0.2, 0.25) is 0 Å². The van der Waals surface area contributed by atoms with Crippen molar-refractivity contribution in [2.75, 3.05) is 0 Å². The molecule has 0 radical (unpaired) electrons. The van der Waals surface area contributed by atoms with Gasteiger partial charge in [0, 0.05) is 16.1 Å². The molecule has 4 aromatic rings. The molecule has 2 N–H and O–H groups in total. The number of aromatic amines is 1. The number of rotatable bonds is 3. The lowest BCUT2D eigenvalue weighted by atomic mass is 10.0. The first-order chi connectivity index (χ1) is 12.5. The fourth-order valence-corrected chi connectivity index (χ4v) is 3.02. The highest BCUT2D eigenvalue weighted by Crippen LogP contribution is 2.31. The molecule has 0 spiro atoms. The summed E-state index contributed by atoms with van der Waals surface area (Å²) < 4.78 is 0. The Morgan fingerprint density at radius 2 is 1.69 bits per heavy atom. The maximum atomic E-state index is 11.9. The lowest BCUT2D eigenvalue weighted by Gasteiger charge is -2.06. The standard InChI is InChI=1S/C20H14ClN3O2/c1-11-2-4-13(5-3-11)18-17-15(20(25)26)10-16(22-19(17)24-23-18)12-6-8-14(21)9-7-12/h2-10H,1H3,(H,25,26)(H,22,23,24). The molecule has 2 aromatic carbocycles. The van der Waals surface area contributed by atoms with Gasteiger partial charge in [0.15, 0.2) is 5.65 Å². The Kier molecular flexibility index (Phi) is 3.93. The number of H-pyrrole nitrogens is 1. The number of carboxylic acids is 1. The van der Waals surface area contributed by atoms with Crippen LogP contribution in [-0.2, 0) is 0 Å². The van der Waals surface area contributed by atoms with Crippen LogP contribution in [0.2, 0.25) is 5.02 Å². The number of carbonyl (C=O) groups is 1. The minimum absolute atomic E-state index is 0.157. The van der Waals surface area contributed by atoms with Gasteiger partial charge in [0.1, 0.15) is 0 Å². The van der Waals surface area contributed by atoms with Crippen LogP contribution in [0.3, 0.4) is 0 Å². The number of hydrogen-bond donors (Lipinski definition) is 2. The second-order valence-electron chi connectivity index (χ2n) is 6.03. The molecular formula is C20H14ClN3O2. The van der Waals surface area contributed by atoms with E-state index in [-0.39, 0.29) is 5.56 Å². The van der Waals surface area contributed by atoms with Crippen molar-refractivity contribution in [3.8, 4) is 22.5 Å². The monoisotopic (exact) mass is 363 g/mol. The number of nitrogens with zero attached hydrogens (tertiary/aromatic N) is 2. The summed E-state index contributed by atoms with van der Waals surface area (Å²) in [6.45, 7) is 2.00. The van der Waals surface area contributed by atoms with Gasteiger partial charge in [-0.25, -0.2) is 9.78 Å². The van der Waals surface area contributed by atoms with Crippen molar-refractivity contribution in [2.45, 2.75) is 6.92 Å². The van der Waals surface area contributed by atoms with E-state index in [1.165, 1.54) is 0 Å². The maximum Gasteiger partial charge on any atom is 0.336 e. The van der Waals surface area contributed by atoms with Gasteiger partial charge in [0.25, 0.3) is 0 Å². The molecule has 0 saturated heterocycles. The molecule has 0 aliphatic heterocycles. The van der Waals surface area contributed by atoms with E-state index in [1.807, 2.05) is 31.2 Å². The average molecular weight is 364 g/mol. The molecule has 0 fully saturated rings. The molecule has 0 unspecified atom stereocenters. The number of halogens is 1. The summed E-state index contributed by atoms with van der Waals surface area (Å²) in [5.74, 6) is -1.03. The first-order valence-corrected chi connectivity index (χ1v) is 8.36. The van der Waals surface area contributed by atoms with Crippen molar-refractivity contribution in [1.82, 2.24) is 15.2 Å². The zero-order valence-electron chi connectivity index (χ0n) is 13.8. The predicted octanol–water partition coefficient (Wildman–Crippen LogP) is 4.95. The van der Waals surface area contributed by atoms with Crippen molar-refractivity contribution in [3.63, 3.8) is 0 Å². The zero-order valence-corrected chi connectivity index (χ0v) is 14.6. The molecule has 0 aliphatic rings. The molecule has 0 aliphatic carbocycles. The summed E-state index contributed by atoms with van der Waals surface area (Å²) >= 11 is 5.93. The van der Waals surface area contributed by atoms with E-state index in [4.69, 9.17) is 11.6 Å². The summed E-state index contributed by atoms with van der Waals surface area (Å²) in [7, 11) is 0. The highest BCUT2D eigenvalue weighted by atomic mass is 35.5. The number of benzene rings is 2. The van der Waals surface area contributed by atoms with Crippen LogP contribution in [0.15, 0.2) is 54.6 Å². The molecule has 0 bridgehead atoms. The van der Waals surface area contributed by atoms with Crippen molar-refractivity contribution in [2.24, 2.45) is 0 Å². The number of hydrogen-bond acceptors (Lipinski definition) is 3. The van der Waals surface area contributed by atoms with E-state index in [0.717, 1.165) is 16.7 Å². The Morgan fingerprint density at radius 1 is 1.04 bits per heavy atom. The first kappa shape index (κ1) is 16.3. The van der Waals surface area contributed by atoms with E-state index >= 15 is 0 Å². The third kappa shape index (κ3) is 2.82. The van der Waals surface area contributed by atoms with Crippen LogP contribution in [0.1, 0.15) is 15.9 Å². The van der Waals surface area contributed by atoms with E-state index in [2.05, 4.69) is 15.2 Å². The molecule has 2 aromatic heterocycles. The van der Waals surface area contributed by atoms with Crippen LogP contribution in [0, 0.1) is 6.92 Å². The molecule has 6 heteroatoms. The van der Waals surface area contributed by atoms with Gasteiger partial charge in [-0.2, -0.15) is 5.10 Å². The van der Waals surface area contributed by atoms with E-state index in [9.17, 15) is 9.90 Å². The maximum absolute atomic E-state index is 11.9. The summed E-state index contributed by atoms with van der Waals surface area (Å²) in [5.41, 5.74) is 4.47. The smallest absolute Gasteiger partial charge is 0.336 e. The number of fused-ring (bicyclic) bond motifs is 1. The van der Waals surface area contributed by atoms with E-state index in [1.54, 1.807) is 30.3 Å². The van der Waals surface area contributed by atoms with Gasteiger partial charge >= 0.3 is 5.97 Å². The molecule has 0 atom stereocenters. The molecule has 26 heavy (non-hydrogen) atoms. The van der Waals surface area contributed by atoms with Gasteiger partial charge < -0.3 is 5.11 Å². The second kappa shape index (κ2) is 6.28. The number of aromatic nitrogens is 3. The molecule has 5 nitrogen and oxygen atoms in total. The lowest BCUT2D eigenvalue weighted by molar-refractivity contribution is 0.0699. The normalized spacial score (nSPS) is 11.0. The number of nitrogens with one attached hydrogen (secondary N) is 1. The quantitative estimate of drug-likeness (QED) is 0.539. The van der Waals surface area contributed by atoms with Crippen molar-refractivity contribution in [1.29, 1.82) is 0 Å². The summed E-state index contributed by atoms with van der Waals surface area (Å²) in [6.07, 6.45) is 0. The van der Waals surface area contributed by atoms with Crippen LogP contribution < -0.4 is 0 Å². The van der Waals surface area contributed by atoms with Crippen LogP contribution in [-0.4, -0.2) is 26.3 Å². The van der Waals surface area contributed by atoms with Crippen LogP contribution in [0.4, 0.5) is 0 Å². The number of carboxylic acid groups (broad SMARTS) is 1. The van der Waals surface area contributed by atoms with Gasteiger partial charge in [-0.15, -0.1) is 0 Å². The van der Waals surface area contributed by atoms with E-state index in [0.29, 0.717) is 27.4 Å². The molecule has 2 heterocycles. The fraction of sp³-hybridized carbons (Fsp3) is 0.0500. The Labute approximate surface area is 154 Å². The number of aromatic carboxylic acids is 1. The Hall–Kier alpha value is -3.18. The van der Waals surface area contributed by atoms with Gasteiger partial charge in [-0.05, 0) is 25.1 Å². The van der Waals surface area contributed by atoms with Crippen LogP contribution >= 0.6 is 11.6 Å². The summed E-state index contributed by atoms with van der Waals surface area (Å²) in [4.78, 5) is 16.4. The second-order valence-corrected chi connectivity index (χ2v) is 6.47. The van der Waals surface area contributed by atoms with Gasteiger partial charge in [-0.3, -0.25) is 5.10 Å². The topological polar surface area (TPSA) is 78.9 Å². The minimum Gasteiger partial charge on any atom is -0.478 e. The van der Waals surface area contributed by atoms with Crippen molar-refractivity contribution < 1.29 is 9.90 Å². The fourth-order valence-electron chi connectivity index (χ4n) is 2.89. The van der Waals surface area contributed by atoms with E-state index < -0.39 is 5.97 Å². The summed E-state index contributed by atoms with van der Waals surface area (Å²) in [6, 6.07) is 16.5. The Morgan fingerprint density at radius 3 is 2.35 bits per heavy atom. The minimum atomic E-state index is -1.03. The lowest BCUT2D eigenvalue weighted by Crippen LogP contribution is -2.00. The largest absolute Gasteiger partial charge is 0.478 e. The molecule has 0 amide bonds. The predicted molar refractivity (Wildman–Crippen MR) is 101 cm³/mol. The Balaban J connectivity index is 1.94. The van der Waals surface area contributed by atoms with Gasteiger partial charge in [0.05, 0.1) is 22.3 Å². The van der Waals surface area contributed by atoms with Crippen LogP contribution in [0.25, 0.3) is 33.5 Å². The molecule has 0 saturated carbocycles. The highest BCUT2D eigenvalue weighted by molar-refractivity contribution is 6.30. The van der Waals surface area contributed by atoms with Gasteiger partial charge in [-0.1, -0.05) is 53.6 Å². The highest BCUT2D eigenvalue weighted by Gasteiger charge is 2.19. The molecule has 128 valence electrons. The first-order valence-electron chi connectivity index (χ1n) is 7.98. The third-order valence-corrected chi connectivity index (χ3v) is 4.49. The van der Waals surface area contributed by atoms with Crippen LogP contribution in [0.5, 0.6) is 0 Å². The SMILES string of the molecule is Cc1ccc(-c2[nH]nc3nc(-c4ccc(Cl)cc4)cc(C(=O)O)c23)cc1. The third-order valence-electron chi connectivity index (χ3n) is 4.23. The van der Waals surface area contributed by atoms with Crippen molar-refractivity contribution >= 4 is 28.6 Å². The number of aryl methyl sites for hydroxylation is 1. The molecule has 4 rings (SSSR count). The molecular weight excluding hydrogens is 350 g/mol. The average Bonchev–Trinajstić information content (AvgIpc) is 3.06. The zero-order chi connectivity index (χ0) is 18.3. The van der Waals surface area contributed by atoms with Crippen molar-refractivity contribution in [3.05, 3.63) is 70.7 Å². The number of pyridine rings is 1. The Bertz CT molecular complexity index is 1120.